The van der Waals surface area contributed by atoms with Gasteiger partial charge in [-0.05, 0) is 25.2 Å². The number of nitrogens with zero attached hydrogens (tertiary/aromatic N) is 1. The largest absolute Gasteiger partial charge is 0.391 e. The summed E-state index contributed by atoms with van der Waals surface area (Å²) in [4.78, 5) is 13.3. The van der Waals surface area contributed by atoms with Crippen molar-refractivity contribution in [3.63, 3.8) is 0 Å². The van der Waals surface area contributed by atoms with Crippen LogP contribution in [0.4, 0.5) is 0 Å². The van der Waals surface area contributed by atoms with E-state index in [0.29, 0.717) is 18.9 Å². The van der Waals surface area contributed by atoms with E-state index in [2.05, 4.69) is 0 Å². The molecule has 68 valence electrons. The van der Waals surface area contributed by atoms with E-state index in [-0.39, 0.29) is 12.0 Å². The molecule has 3 nitrogen and oxygen atoms in total. The minimum absolute atomic E-state index is 0.244. The molecule has 2 fully saturated rings. The van der Waals surface area contributed by atoms with Crippen molar-refractivity contribution in [1.29, 1.82) is 0 Å². The molecule has 12 heavy (non-hydrogen) atoms. The molecule has 1 heterocycles. The number of carbonyl (C=O) groups excluding carboxylic acids is 1. The number of carbonyl (C=O) groups is 1. The molecule has 0 spiro atoms. The predicted octanol–water partition coefficient (Wildman–Crippen LogP) is 0.380. The monoisotopic (exact) mass is 169 g/mol. The summed E-state index contributed by atoms with van der Waals surface area (Å²) in [5.74, 6) is 0.907. The summed E-state index contributed by atoms with van der Waals surface area (Å²) in [6.07, 6.45) is 3.65. The van der Waals surface area contributed by atoms with Crippen LogP contribution in [0.1, 0.15) is 25.7 Å². The van der Waals surface area contributed by atoms with Crippen molar-refractivity contribution in [1.82, 2.24) is 4.90 Å². The highest BCUT2D eigenvalue weighted by Gasteiger charge is 2.30. The fraction of sp³-hybridized carbons (Fsp3) is 0.889. The number of hydrogen-bond acceptors (Lipinski definition) is 2. The smallest absolute Gasteiger partial charge is 0.222 e. The summed E-state index contributed by atoms with van der Waals surface area (Å²) < 4.78 is 0. The van der Waals surface area contributed by atoms with Gasteiger partial charge in [0.25, 0.3) is 0 Å². The van der Waals surface area contributed by atoms with E-state index in [1.807, 2.05) is 0 Å². The van der Waals surface area contributed by atoms with E-state index in [1.165, 1.54) is 12.8 Å². The molecule has 1 saturated carbocycles. The lowest BCUT2D eigenvalue weighted by atomic mass is 10.2. The van der Waals surface area contributed by atoms with Gasteiger partial charge in [-0.2, -0.15) is 0 Å². The molecule has 0 unspecified atom stereocenters. The van der Waals surface area contributed by atoms with E-state index in [9.17, 15) is 9.90 Å². The maximum atomic E-state index is 11.5. The maximum Gasteiger partial charge on any atom is 0.222 e. The van der Waals surface area contributed by atoms with Gasteiger partial charge in [0.15, 0.2) is 0 Å². The Hall–Kier alpha value is -0.570. The summed E-state index contributed by atoms with van der Waals surface area (Å²) in [5.41, 5.74) is 0. The van der Waals surface area contributed by atoms with Crippen LogP contribution in [0.15, 0.2) is 0 Å². The molecular formula is C9H15NO2. The van der Waals surface area contributed by atoms with Gasteiger partial charge in [0, 0.05) is 19.5 Å². The molecular weight excluding hydrogens is 154 g/mol. The first-order chi connectivity index (χ1) is 5.75. The molecule has 2 aliphatic rings. The number of aliphatic hydroxyl groups is 1. The van der Waals surface area contributed by atoms with Crippen molar-refractivity contribution in [2.75, 3.05) is 13.1 Å². The van der Waals surface area contributed by atoms with E-state index < -0.39 is 0 Å². The second-order valence-electron chi connectivity index (χ2n) is 3.93. The van der Waals surface area contributed by atoms with E-state index >= 15 is 0 Å². The van der Waals surface area contributed by atoms with Gasteiger partial charge in [0.1, 0.15) is 0 Å². The van der Waals surface area contributed by atoms with Gasteiger partial charge in [-0.3, -0.25) is 4.79 Å². The summed E-state index contributed by atoms with van der Waals surface area (Å²) in [7, 11) is 0. The normalized spacial score (nSPS) is 29.4. The molecule has 0 aromatic carbocycles. The lowest BCUT2D eigenvalue weighted by Gasteiger charge is -2.14. The van der Waals surface area contributed by atoms with Gasteiger partial charge >= 0.3 is 0 Å². The Morgan fingerprint density at radius 3 is 2.67 bits per heavy atom. The molecule has 0 aromatic rings. The second kappa shape index (κ2) is 3.05. The fourth-order valence-electron chi connectivity index (χ4n) is 1.67. The van der Waals surface area contributed by atoms with Gasteiger partial charge < -0.3 is 10.0 Å². The van der Waals surface area contributed by atoms with Crippen molar-refractivity contribution in [2.24, 2.45) is 5.92 Å². The van der Waals surface area contributed by atoms with Crippen LogP contribution in [-0.4, -0.2) is 35.1 Å². The number of aliphatic hydroxyl groups excluding tert-OH is 1. The Balaban J connectivity index is 1.79. The molecule has 0 bridgehead atoms. The molecule has 0 aromatic heterocycles. The summed E-state index contributed by atoms with van der Waals surface area (Å²) in [5, 5.41) is 9.20. The minimum Gasteiger partial charge on any atom is -0.391 e. The van der Waals surface area contributed by atoms with Crippen molar-refractivity contribution in [3.8, 4) is 0 Å². The first kappa shape index (κ1) is 8.05. The summed E-state index contributed by atoms with van der Waals surface area (Å²) in [6.45, 7) is 1.32. The third-order valence-electron chi connectivity index (χ3n) is 2.68. The fourth-order valence-corrected chi connectivity index (χ4v) is 1.67. The SMILES string of the molecule is O=C(CC1CC1)N1CC[C@H](O)C1. The number of amides is 1. The zero-order valence-electron chi connectivity index (χ0n) is 7.20. The van der Waals surface area contributed by atoms with Crippen LogP contribution in [-0.2, 0) is 4.79 Å². The molecule has 1 N–H and O–H groups in total. The molecule has 1 aliphatic carbocycles. The van der Waals surface area contributed by atoms with E-state index in [1.54, 1.807) is 4.90 Å². The van der Waals surface area contributed by atoms with Crippen LogP contribution < -0.4 is 0 Å². The average Bonchev–Trinajstić information content (AvgIpc) is 2.72. The topological polar surface area (TPSA) is 40.5 Å². The van der Waals surface area contributed by atoms with Crippen LogP contribution in [0, 0.1) is 5.92 Å². The van der Waals surface area contributed by atoms with Crippen LogP contribution in [0.25, 0.3) is 0 Å². The lowest BCUT2D eigenvalue weighted by molar-refractivity contribution is -0.130. The van der Waals surface area contributed by atoms with Crippen molar-refractivity contribution in [2.45, 2.75) is 31.8 Å². The first-order valence-electron chi connectivity index (χ1n) is 4.71. The Morgan fingerprint density at radius 1 is 1.42 bits per heavy atom. The van der Waals surface area contributed by atoms with Crippen molar-refractivity contribution >= 4 is 5.91 Å². The van der Waals surface area contributed by atoms with Gasteiger partial charge in [-0.25, -0.2) is 0 Å². The zero-order valence-corrected chi connectivity index (χ0v) is 7.20. The van der Waals surface area contributed by atoms with Gasteiger partial charge in [0.05, 0.1) is 6.10 Å². The van der Waals surface area contributed by atoms with Crippen LogP contribution in [0.3, 0.4) is 0 Å². The van der Waals surface area contributed by atoms with Gasteiger partial charge in [-0.15, -0.1) is 0 Å². The number of hydrogen-bond donors (Lipinski definition) is 1. The molecule has 2 rings (SSSR count). The van der Waals surface area contributed by atoms with Crippen LogP contribution >= 0.6 is 0 Å². The Labute approximate surface area is 72.4 Å². The predicted molar refractivity (Wildman–Crippen MR) is 44.5 cm³/mol. The number of β-amino-alcohol motifs (C(OH)–C–C–N with tert-alkyl or cyclic N) is 1. The molecule has 0 radical (unpaired) electrons. The average molecular weight is 169 g/mol. The third kappa shape index (κ3) is 1.78. The van der Waals surface area contributed by atoms with Crippen molar-refractivity contribution in [3.05, 3.63) is 0 Å². The standard InChI is InChI=1S/C9H15NO2/c11-8-3-4-10(6-8)9(12)5-7-1-2-7/h7-8,11H,1-6H2/t8-/m0/s1. The molecule has 1 aliphatic heterocycles. The summed E-state index contributed by atoms with van der Waals surface area (Å²) >= 11 is 0. The first-order valence-corrected chi connectivity index (χ1v) is 4.71. The van der Waals surface area contributed by atoms with Crippen LogP contribution in [0.2, 0.25) is 0 Å². The highest BCUT2D eigenvalue weighted by atomic mass is 16.3. The van der Waals surface area contributed by atoms with E-state index in [4.69, 9.17) is 0 Å². The molecule has 1 atom stereocenters. The lowest BCUT2D eigenvalue weighted by Crippen LogP contribution is -2.29. The Morgan fingerprint density at radius 2 is 2.17 bits per heavy atom. The van der Waals surface area contributed by atoms with Gasteiger partial charge in [-0.1, -0.05) is 0 Å². The molecule has 3 heteroatoms. The number of rotatable bonds is 2. The minimum atomic E-state index is -0.270. The quantitative estimate of drug-likeness (QED) is 0.649. The van der Waals surface area contributed by atoms with E-state index in [0.717, 1.165) is 13.0 Å². The highest BCUT2D eigenvalue weighted by Crippen LogP contribution is 2.33. The molecule has 1 amide bonds. The van der Waals surface area contributed by atoms with Crippen molar-refractivity contribution < 1.29 is 9.90 Å². The number of likely N-dealkylation sites (tertiary alicyclic amines) is 1. The molecule has 1 saturated heterocycles. The Bertz CT molecular complexity index is 189. The summed E-state index contributed by atoms with van der Waals surface area (Å²) in [6, 6.07) is 0. The van der Waals surface area contributed by atoms with Gasteiger partial charge in [0.2, 0.25) is 5.91 Å². The Kier molecular flexibility index (Phi) is 2.05. The third-order valence-corrected chi connectivity index (χ3v) is 2.68. The zero-order chi connectivity index (χ0) is 8.55. The maximum absolute atomic E-state index is 11.5. The second-order valence-corrected chi connectivity index (χ2v) is 3.93. The highest BCUT2D eigenvalue weighted by molar-refractivity contribution is 5.77. The van der Waals surface area contributed by atoms with Crippen LogP contribution in [0.5, 0.6) is 0 Å².